The summed E-state index contributed by atoms with van der Waals surface area (Å²) in [5, 5.41) is 7.12. The zero-order chi connectivity index (χ0) is 16.2. The number of rotatable bonds is 6. The Morgan fingerprint density at radius 3 is 2.64 bits per heavy atom. The third-order valence-electron chi connectivity index (χ3n) is 3.53. The lowest BCUT2D eigenvalue weighted by Gasteiger charge is -2.24. The van der Waals surface area contributed by atoms with E-state index in [9.17, 15) is 4.79 Å². The van der Waals surface area contributed by atoms with Crippen LogP contribution in [0.3, 0.4) is 0 Å². The number of benzene rings is 1. The van der Waals surface area contributed by atoms with Gasteiger partial charge in [0.2, 0.25) is 0 Å². The topological polar surface area (TPSA) is 50.4 Å². The zero-order valence-electron chi connectivity index (χ0n) is 13.5. The molecule has 0 aliphatic heterocycles. The average molecular weight is 325 g/mol. The van der Waals surface area contributed by atoms with Gasteiger partial charge in [-0.15, -0.1) is 0 Å². The van der Waals surface area contributed by atoms with Gasteiger partial charge in [-0.1, -0.05) is 29.8 Å². The van der Waals surface area contributed by atoms with Crippen molar-refractivity contribution in [3.63, 3.8) is 0 Å². The molecule has 1 aliphatic carbocycles. The maximum absolute atomic E-state index is 11.9. The summed E-state index contributed by atoms with van der Waals surface area (Å²) in [6.45, 7) is 7.02. The maximum atomic E-state index is 11.9. The minimum absolute atomic E-state index is 0.109. The Hall–Kier alpha value is -1.26. The van der Waals surface area contributed by atoms with E-state index in [-0.39, 0.29) is 12.1 Å². The average Bonchev–Trinajstić information content (AvgIpc) is 3.22. The van der Waals surface area contributed by atoms with Crippen molar-refractivity contribution in [1.82, 2.24) is 10.6 Å². The van der Waals surface area contributed by atoms with E-state index in [0.717, 1.165) is 30.0 Å². The van der Waals surface area contributed by atoms with Crippen LogP contribution in [0.25, 0.3) is 0 Å². The molecule has 1 fully saturated rings. The van der Waals surface area contributed by atoms with Crippen LogP contribution in [0, 0.1) is 5.92 Å². The lowest BCUT2D eigenvalue weighted by Crippen LogP contribution is -2.45. The molecular weight excluding hydrogens is 300 g/mol. The first-order valence-corrected chi connectivity index (χ1v) is 8.16. The monoisotopic (exact) mass is 324 g/mol. The number of hydrogen-bond donors (Lipinski definition) is 2. The predicted molar refractivity (Wildman–Crippen MR) is 89.0 cm³/mol. The Morgan fingerprint density at radius 2 is 2.05 bits per heavy atom. The van der Waals surface area contributed by atoms with Crippen LogP contribution in [0.2, 0.25) is 5.02 Å². The molecule has 1 aliphatic rings. The molecule has 1 amide bonds. The van der Waals surface area contributed by atoms with Gasteiger partial charge in [-0.3, -0.25) is 0 Å². The van der Waals surface area contributed by atoms with E-state index in [0.29, 0.717) is 12.5 Å². The molecule has 122 valence electrons. The molecule has 5 heteroatoms. The van der Waals surface area contributed by atoms with Crippen molar-refractivity contribution in [1.29, 1.82) is 0 Å². The molecule has 1 saturated carbocycles. The van der Waals surface area contributed by atoms with Gasteiger partial charge in [0, 0.05) is 24.2 Å². The summed E-state index contributed by atoms with van der Waals surface area (Å²) in [5.41, 5.74) is 0.597. The highest BCUT2D eigenvalue weighted by molar-refractivity contribution is 6.31. The van der Waals surface area contributed by atoms with Gasteiger partial charge < -0.3 is 15.4 Å². The van der Waals surface area contributed by atoms with E-state index in [2.05, 4.69) is 10.6 Å². The van der Waals surface area contributed by atoms with Crippen LogP contribution in [0.1, 0.15) is 39.2 Å². The predicted octanol–water partition coefficient (Wildman–Crippen LogP) is 3.73. The van der Waals surface area contributed by atoms with Gasteiger partial charge in [0.05, 0.1) is 0 Å². The van der Waals surface area contributed by atoms with Crippen molar-refractivity contribution in [3.8, 4) is 0 Å². The number of carbonyl (C=O) groups excluding carboxylic acids is 1. The molecule has 0 spiro atoms. The summed E-state index contributed by atoms with van der Waals surface area (Å²) in [4.78, 5) is 11.9. The van der Waals surface area contributed by atoms with Crippen LogP contribution < -0.4 is 10.6 Å². The highest BCUT2D eigenvalue weighted by atomic mass is 35.5. The fourth-order valence-electron chi connectivity index (χ4n) is 2.30. The quantitative estimate of drug-likeness (QED) is 0.838. The zero-order valence-corrected chi connectivity index (χ0v) is 14.2. The SMILES string of the molecule is CC(C)(C)OC(=O)NC(CNCc1ccccc1Cl)C1CC1. The number of halogens is 1. The van der Waals surface area contributed by atoms with Gasteiger partial charge in [-0.2, -0.15) is 0 Å². The smallest absolute Gasteiger partial charge is 0.407 e. The van der Waals surface area contributed by atoms with Gasteiger partial charge >= 0.3 is 6.09 Å². The fourth-order valence-corrected chi connectivity index (χ4v) is 2.50. The summed E-state index contributed by atoms with van der Waals surface area (Å²) < 4.78 is 5.33. The van der Waals surface area contributed by atoms with Crippen molar-refractivity contribution in [2.75, 3.05) is 6.54 Å². The molecule has 1 unspecified atom stereocenters. The molecule has 22 heavy (non-hydrogen) atoms. The van der Waals surface area contributed by atoms with E-state index in [1.54, 1.807) is 0 Å². The van der Waals surface area contributed by atoms with Crippen molar-refractivity contribution in [2.24, 2.45) is 5.92 Å². The van der Waals surface area contributed by atoms with E-state index >= 15 is 0 Å². The van der Waals surface area contributed by atoms with E-state index in [4.69, 9.17) is 16.3 Å². The summed E-state index contributed by atoms with van der Waals surface area (Å²) >= 11 is 6.14. The molecule has 1 atom stereocenters. The highest BCUT2D eigenvalue weighted by Crippen LogP contribution is 2.32. The highest BCUT2D eigenvalue weighted by Gasteiger charge is 2.33. The Balaban J connectivity index is 1.80. The first-order valence-electron chi connectivity index (χ1n) is 7.79. The second-order valence-corrected chi connectivity index (χ2v) is 7.22. The third kappa shape index (κ3) is 5.85. The van der Waals surface area contributed by atoms with Gasteiger partial charge in [-0.05, 0) is 51.2 Å². The number of carbonyl (C=O) groups is 1. The number of nitrogens with one attached hydrogen (secondary N) is 2. The fraction of sp³-hybridized carbons (Fsp3) is 0.588. The van der Waals surface area contributed by atoms with Gasteiger partial charge in [-0.25, -0.2) is 4.79 Å². The van der Waals surface area contributed by atoms with Crippen LogP contribution in [0.4, 0.5) is 4.79 Å². The number of amides is 1. The molecule has 4 nitrogen and oxygen atoms in total. The Kier molecular flexibility index (Phi) is 5.70. The van der Waals surface area contributed by atoms with Crippen molar-refractivity contribution in [3.05, 3.63) is 34.9 Å². The molecule has 0 radical (unpaired) electrons. The Bertz CT molecular complexity index is 510. The summed E-state index contributed by atoms with van der Waals surface area (Å²) in [5.74, 6) is 0.547. The summed E-state index contributed by atoms with van der Waals surface area (Å²) in [6.07, 6.45) is 1.98. The minimum Gasteiger partial charge on any atom is -0.444 e. The number of alkyl carbamates (subject to hydrolysis) is 1. The van der Waals surface area contributed by atoms with E-state index < -0.39 is 5.60 Å². The summed E-state index contributed by atoms with van der Waals surface area (Å²) in [6, 6.07) is 7.89. The number of ether oxygens (including phenoxy) is 1. The Labute approximate surface area is 137 Å². The molecule has 1 aromatic rings. The first-order chi connectivity index (χ1) is 10.3. The van der Waals surface area contributed by atoms with Crippen molar-refractivity contribution in [2.45, 2.75) is 51.8 Å². The molecule has 2 N–H and O–H groups in total. The molecule has 0 aromatic heterocycles. The minimum atomic E-state index is -0.469. The van der Waals surface area contributed by atoms with Crippen molar-refractivity contribution < 1.29 is 9.53 Å². The van der Waals surface area contributed by atoms with Gasteiger partial charge in [0.1, 0.15) is 5.60 Å². The summed E-state index contributed by atoms with van der Waals surface area (Å²) in [7, 11) is 0. The Morgan fingerprint density at radius 1 is 1.36 bits per heavy atom. The van der Waals surface area contributed by atoms with E-state index in [1.165, 1.54) is 0 Å². The lowest BCUT2D eigenvalue weighted by atomic mass is 10.1. The second kappa shape index (κ2) is 7.34. The third-order valence-corrected chi connectivity index (χ3v) is 3.90. The van der Waals surface area contributed by atoms with Crippen LogP contribution in [-0.2, 0) is 11.3 Å². The number of hydrogen-bond acceptors (Lipinski definition) is 3. The van der Waals surface area contributed by atoms with E-state index in [1.807, 2.05) is 45.0 Å². The maximum Gasteiger partial charge on any atom is 0.407 e. The lowest BCUT2D eigenvalue weighted by molar-refractivity contribution is 0.0497. The standard InChI is InChI=1S/C17H25ClN2O2/c1-17(2,3)22-16(21)20-15(12-8-9-12)11-19-10-13-6-4-5-7-14(13)18/h4-7,12,15,19H,8-11H2,1-3H3,(H,20,21). The molecule has 0 saturated heterocycles. The molecular formula is C17H25ClN2O2. The molecule has 2 rings (SSSR count). The second-order valence-electron chi connectivity index (χ2n) is 6.81. The first kappa shape index (κ1) is 17.1. The largest absolute Gasteiger partial charge is 0.444 e. The van der Waals surface area contributed by atoms with Gasteiger partial charge in [0.25, 0.3) is 0 Å². The van der Waals surface area contributed by atoms with Crippen LogP contribution in [0.15, 0.2) is 24.3 Å². The van der Waals surface area contributed by atoms with Crippen LogP contribution in [-0.4, -0.2) is 24.3 Å². The van der Waals surface area contributed by atoms with Crippen LogP contribution >= 0.6 is 11.6 Å². The van der Waals surface area contributed by atoms with Crippen molar-refractivity contribution >= 4 is 17.7 Å². The molecule has 0 bridgehead atoms. The van der Waals surface area contributed by atoms with Crippen LogP contribution in [0.5, 0.6) is 0 Å². The van der Waals surface area contributed by atoms with Gasteiger partial charge in [0.15, 0.2) is 0 Å². The normalized spacial score (nSPS) is 16.2. The molecule has 1 aromatic carbocycles. The molecule has 0 heterocycles.